The zero-order valence-corrected chi connectivity index (χ0v) is 17.1. The van der Waals surface area contributed by atoms with Crippen LogP contribution in [0, 0.1) is 0 Å². The standard InChI is InChI=1S/C23H23N5O2/c1-29-17-9-16(10-18(11-17)30-2)21-12-22-26-20-7-3-6-19(20)23(28(22)27-21)25-14-15-5-4-8-24-13-15/h4-5,8-13,25H,3,6-7,14H2,1-2H3. The Labute approximate surface area is 174 Å². The van der Waals surface area contributed by atoms with Crippen molar-refractivity contribution in [2.75, 3.05) is 19.5 Å². The van der Waals surface area contributed by atoms with Gasteiger partial charge in [0.25, 0.3) is 0 Å². The lowest BCUT2D eigenvalue weighted by molar-refractivity contribution is 0.394. The number of pyridine rings is 1. The van der Waals surface area contributed by atoms with Crippen LogP contribution in [0.25, 0.3) is 16.9 Å². The summed E-state index contributed by atoms with van der Waals surface area (Å²) in [6.45, 7) is 0.682. The van der Waals surface area contributed by atoms with Crippen LogP contribution in [-0.4, -0.2) is 33.8 Å². The molecule has 3 heterocycles. The van der Waals surface area contributed by atoms with Crippen LogP contribution in [0.2, 0.25) is 0 Å². The van der Waals surface area contributed by atoms with E-state index in [0.717, 1.165) is 64.7 Å². The quantitative estimate of drug-likeness (QED) is 0.528. The Morgan fingerprint density at radius 3 is 2.63 bits per heavy atom. The molecule has 30 heavy (non-hydrogen) atoms. The fourth-order valence-electron chi connectivity index (χ4n) is 3.95. The van der Waals surface area contributed by atoms with Gasteiger partial charge in [0.2, 0.25) is 0 Å². The minimum absolute atomic E-state index is 0.682. The van der Waals surface area contributed by atoms with Gasteiger partial charge in [-0.1, -0.05) is 6.07 Å². The maximum Gasteiger partial charge on any atom is 0.158 e. The van der Waals surface area contributed by atoms with Crippen LogP contribution in [0.3, 0.4) is 0 Å². The van der Waals surface area contributed by atoms with Gasteiger partial charge in [-0.3, -0.25) is 4.98 Å². The van der Waals surface area contributed by atoms with Crippen LogP contribution in [-0.2, 0) is 19.4 Å². The first-order valence-electron chi connectivity index (χ1n) is 10.0. The number of benzene rings is 1. The summed E-state index contributed by atoms with van der Waals surface area (Å²) in [4.78, 5) is 9.10. The molecule has 0 radical (unpaired) electrons. The van der Waals surface area contributed by atoms with Crippen LogP contribution in [0.4, 0.5) is 5.82 Å². The molecule has 0 spiro atoms. The maximum atomic E-state index is 5.42. The van der Waals surface area contributed by atoms with Crippen molar-refractivity contribution in [1.29, 1.82) is 0 Å². The van der Waals surface area contributed by atoms with E-state index in [1.165, 1.54) is 5.56 Å². The van der Waals surface area contributed by atoms with E-state index in [1.807, 2.05) is 41.0 Å². The lowest BCUT2D eigenvalue weighted by Crippen LogP contribution is -2.10. The number of aromatic nitrogens is 4. The summed E-state index contributed by atoms with van der Waals surface area (Å²) in [7, 11) is 3.30. The molecule has 0 fully saturated rings. The second kappa shape index (κ2) is 7.67. The molecule has 3 aromatic heterocycles. The topological polar surface area (TPSA) is 73.6 Å². The van der Waals surface area contributed by atoms with E-state index in [-0.39, 0.29) is 0 Å². The molecule has 5 rings (SSSR count). The fourth-order valence-corrected chi connectivity index (χ4v) is 3.95. The molecule has 1 N–H and O–H groups in total. The average molecular weight is 401 g/mol. The summed E-state index contributed by atoms with van der Waals surface area (Å²) in [6.07, 6.45) is 6.80. The van der Waals surface area contributed by atoms with Gasteiger partial charge < -0.3 is 14.8 Å². The third-order valence-corrected chi connectivity index (χ3v) is 5.46. The van der Waals surface area contributed by atoms with Crippen molar-refractivity contribution < 1.29 is 9.47 Å². The monoisotopic (exact) mass is 401 g/mol. The zero-order chi connectivity index (χ0) is 20.5. The van der Waals surface area contributed by atoms with Gasteiger partial charge in [0.15, 0.2) is 5.65 Å². The summed E-state index contributed by atoms with van der Waals surface area (Å²) in [6, 6.07) is 11.8. The molecular weight excluding hydrogens is 378 g/mol. The number of nitrogens with zero attached hydrogens (tertiary/aromatic N) is 4. The largest absolute Gasteiger partial charge is 0.497 e. The highest BCUT2D eigenvalue weighted by Gasteiger charge is 2.22. The third-order valence-electron chi connectivity index (χ3n) is 5.46. The normalized spacial score (nSPS) is 12.7. The number of aryl methyl sites for hydroxylation is 1. The Hall–Kier alpha value is -3.61. The Bertz CT molecular complexity index is 1180. The molecule has 7 heteroatoms. The van der Waals surface area contributed by atoms with Crippen LogP contribution >= 0.6 is 0 Å². The number of hydrogen-bond acceptors (Lipinski definition) is 6. The highest BCUT2D eigenvalue weighted by Crippen LogP contribution is 2.33. The smallest absolute Gasteiger partial charge is 0.158 e. The maximum absolute atomic E-state index is 5.42. The first-order chi connectivity index (χ1) is 14.7. The minimum Gasteiger partial charge on any atom is -0.497 e. The molecule has 1 aliphatic carbocycles. The second-order valence-corrected chi connectivity index (χ2v) is 7.35. The summed E-state index contributed by atoms with van der Waals surface area (Å²) < 4.78 is 12.8. The van der Waals surface area contributed by atoms with Gasteiger partial charge in [-0.25, -0.2) is 4.98 Å². The molecule has 0 bridgehead atoms. The molecule has 0 saturated carbocycles. The Kier molecular flexibility index (Phi) is 4.71. The van der Waals surface area contributed by atoms with Crippen LogP contribution in [0.15, 0.2) is 48.8 Å². The van der Waals surface area contributed by atoms with Crippen molar-refractivity contribution in [1.82, 2.24) is 19.6 Å². The Morgan fingerprint density at radius 1 is 1.07 bits per heavy atom. The number of rotatable bonds is 6. The van der Waals surface area contributed by atoms with Crippen LogP contribution in [0.1, 0.15) is 23.2 Å². The number of ether oxygens (including phenoxy) is 2. The number of hydrogen-bond donors (Lipinski definition) is 1. The van der Waals surface area contributed by atoms with E-state index in [0.29, 0.717) is 6.54 Å². The van der Waals surface area contributed by atoms with Gasteiger partial charge in [0, 0.05) is 47.9 Å². The third kappa shape index (κ3) is 3.32. The molecule has 0 saturated heterocycles. The molecule has 4 aromatic rings. The fraction of sp³-hybridized carbons (Fsp3) is 0.261. The van der Waals surface area contributed by atoms with Crippen molar-refractivity contribution in [3.8, 4) is 22.8 Å². The van der Waals surface area contributed by atoms with E-state index < -0.39 is 0 Å². The van der Waals surface area contributed by atoms with Crippen molar-refractivity contribution >= 4 is 11.5 Å². The van der Waals surface area contributed by atoms with Gasteiger partial charge in [0.1, 0.15) is 17.3 Å². The van der Waals surface area contributed by atoms with E-state index in [2.05, 4.69) is 16.4 Å². The summed E-state index contributed by atoms with van der Waals surface area (Å²) in [5.41, 5.74) is 6.12. The number of fused-ring (bicyclic) bond motifs is 2. The first-order valence-corrected chi connectivity index (χ1v) is 10.0. The van der Waals surface area contributed by atoms with E-state index >= 15 is 0 Å². The highest BCUT2D eigenvalue weighted by molar-refractivity contribution is 5.69. The predicted octanol–water partition coefficient (Wildman–Crippen LogP) is 3.91. The summed E-state index contributed by atoms with van der Waals surface area (Å²) >= 11 is 0. The molecule has 152 valence electrons. The number of nitrogens with one attached hydrogen (secondary N) is 1. The Morgan fingerprint density at radius 2 is 1.90 bits per heavy atom. The molecule has 0 atom stereocenters. The number of methoxy groups -OCH3 is 2. The predicted molar refractivity (Wildman–Crippen MR) is 115 cm³/mol. The van der Waals surface area contributed by atoms with E-state index in [4.69, 9.17) is 19.6 Å². The Balaban J connectivity index is 1.59. The molecule has 1 aliphatic rings. The lowest BCUT2D eigenvalue weighted by Gasteiger charge is -2.13. The van der Waals surface area contributed by atoms with Crippen molar-refractivity contribution in [3.05, 3.63) is 65.6 Å². The molecule has 0 unspecified atom stereocenters. The van der Waals surface area contributed by atoms with Gasteiger partial charge in [-0.05, 0) is 43.0 Å². The average Bonchev–Trinajstić information content (AvgIpc) is 3.43. The van der Waals surface area contributed by atoms with Crippen LogP contribution in [0.5, 0.6) is 11.5 Å². The van der Waals surface area contributed by atoms with E-state index in [1.54, 1.807) is 20.4 Å². The van der Waals surface area contributed by atoms with Gasteiger partial charge >= 0.3 is 0 Å². The molecule has 0 aliphatic heterocycles. The minimum atomic E-state index is 0.682. The van der Waals surface area contributed by atoms with Gasteiger partial charge in [-0.15, -0.1) is 0 Å². The van der Waals surface area contributed by atoms with Crippen molar-refractivity contribution in [3.63, 3.8) is 0 Å². The second-order valence-electron chi connectivity index (χ2n) is 7.35. The van der Waals surface area contributed by atoms with Crippen molar-refractivity contribution in [2.45, 2.75) is 25.8 Å². The first kappa shape index (κ1) is 18.4. The highest BCUT2D eigenvalue weighted by atomic mass is 16.5. The summed E-state index contributed by atoms with van der Waals surface area (Å²) in [5.74, 6) is 2.47. The van der Waals surface area contributed by atoms with Gasteiger partial charge in [-0.2, -0.15) is 9.61 Å². The van der Waals surface area contributed by atoms with E-state index in [9.17, 15) is 0 Å². The SMILES string of the molecule is COc1cc(OC)cc(-c2cc3nc4c(c(NCc5cccnc5)n3n2)CCC4)c1. The number of anilines is 1. The molecule has 0 amide bonds. The lowest BCUT2D eigenvalue weighted by atomic mass is 10.1. The molecular formula is C23H23N5O2. The molecule has 1 aromatic carbocycles. The molecule has 7 nitrogen and oxygen atoms in total. The van der Waals surface area contributed by atoms with Crippen LogP contribution < -0.4 is 14.8 Å². The van der Waals surface area contributed by atoms with Crippen molar-refractivity contribution in [2.24, 2.45) is 0 Å². The summed E-state index contributed by atoms with van der Waals surface area (Å²) in [5, 5.41) is 8.47. The zero-order valence-electron chi connectivity index (χ0n) is 17.1. The van der Waals surface area contributed by atoms with Gasteiger partial charge in [0.05, 0.1) is 19.9 Å².